The highest BCUT2D eigenvalue weighted by molar-refractivity contribution is 5.95. The zero-order valence-corrected chi connectivity index (χ0v) is 13.5. The van der Waals surface area contributed by atoms with Crippen LogP contribution in [0.4, 0.5) is 11.5 Å². The van der Waals surface area contributed by atoms with Crippen molar-refractivity contribution >= 4 is 39.3 Å². The zero-order chi connectivity index (χ0) is 17.2. The Kier molecular flexibility index (Phi) is 3.74. The molecule has 4 rings (SSSR count). The lowest BCUT2D eigenvalue weighted by atomic mass is 10.2. The van der Waals surface area contributed by atoms with E-state index < -0.39 is 5.97 Å². The molecule has 0 amide bonds. The van der Waals surface area contributed by atoms with E-state index in [0.29, 0.717) is 11.3 Å². The van der Waals surface area contributed by atoms with Crippen molar-refractivity contribution in [1.82, 2.24) is 20.2 Å². The number of nitrogens with zero attached hydrogens (tertiary/aromatic N) is 3. The summed E-state index contributed by atoms with van der Waals surface area (Å²) < 4.78 is 5.03. The maximum Gasteiger partial charge on any atom is 0.376 e. The number of ether oxygens (including phenoxy) is 1. The molecule has 0 unspecified atom stereocenters. The van der Waals surface area contributed by atoms with Gasteiger partial charge < -0.3 is 10.1 Å². The number of aromatic amines is 1. The van der Waals surface area contributed by atoms with Crippen LogP contribution in [0.2, 0.25) is 0 Å². The fraction of sp³-hybridized carbons (Fsp3) is 0.111. The number of rotatable bonds is 4. The molecule has 7 nitrogen and oxygen atoms in total. The largest absolute Gasteiger partial charge is 0.460 e. The van der Waals surface area contributed by atoms with Crippen molar-refractivity contribution in [2.45, 2.75) is 6.92 Å². The van der Waals surface area contributed by atoms with E-state index in [9.17, 15) is 4.79 Å². The van der Waals surface area contributed by atoms with E-state index in [1.807, 2.05) is 42.5 Å². The predicted molar refractivity (Wildman–Crippen MR) is 94.9 cm³/mol. The number of carbonyl (C=O) groups excluding carboxylic acids is 1. The first-order valence-corrected chi connectivity index (χ1v) is 7.88. The minimum atomic E-state index is -0.540. The first-order chi connectivity index (χ1) is 12.2. The van der Waals surface area contributed by atoms with E-state index >= 15 is 0 Å². The number of aromatic nitrogens is 4. The Bertz CT molecular complexity index is 1070. The van der Waals surface area contributed by atoms with Crippen LogP contribution in [0.5, 0.6) is 0 Å². The molecule has 0 spiro atoms. The van der Waals surface area contributed by atoms with Gasteiger partial charge in [0.1, 0.15) is 5.82 Å². The molecule has 2 N–H and O–H groups in total. The van der Waals surface area contributed by atoms with Gasteiger partial charge in [-0.1, -0.05) is 12.1 Å². The molecular weight excluding hydrogens is 318 g/mol. The van der Waals surface area contributed by atoms with Crippen LogP contribution >= 0.6 is 0 Å². The molecule has 0 aliphatic carbocycles. The van der Waals surface area contributed by atoms with Gasteiger partial charge in [-0.05, 0) is 37.3 Å². The summed E-state index contributed by atoms with van der Waals surface area (Å²) in [6, 6.07) is 13.3. The molecule has 4 aromatic rings. The molecule has 0 saturated heterocycles. The zero-order valence-electron chi connectivity index (χ0n) is 13.5. The van der Waals surface area contributed by atoms with Crippen molar-refractivity contribution in [3.63, 3.8) is 0 Å². The second-order valence-electron chi connectivity index (χ2n) is 5.43. The van der Waals surface area contributed by atoms with Gasteiger partial charge in [-0.15, -0.1) is 0 Å². The molecule has 25 heavy (non-hydrogen) atoms. The smallest absolute Gasteiger partial charge is 0.376 e. The van der Waals surface area contributed by atoms with Crippen molar-refractivity contribution in [1.29, 1.82) is 0 Å². The highest BCUT2D eigenvalue weighted by Crippen LogP contribution is 2.25. The van der Waals surface area contributed by atoms with Crippen molar-refractivity contribution in [2.75, 3.05) is 11.9 Å². The Morgan fingerprint density at radius 3 is 2.96 bits per heavy atom. The highest BCUT2D eigenvalue weighted by Gasteiger charge is 2.15. The highest BCUT2D eigenvalue weighted by atomic mass is 16.5. The van der Waals surface area contributed by atoms with Crippen molar-refractivity contribution in [3.8, 4) is 0 Å². The maximum absolute atomic E-state index is 12.0. The Hall–Kier alpha value is -3.48. The molecule has 2 aromatic carbocycles. The van der Waals surface area contributed by atoms with Crippen LogP contribution in [0, 0.1) is 0 Å². The van der Waals surface area contributed by atoms with Crippen LogP contribution in [-0.2, 0) is 4.74 Å². The Balaban J connectivity index is 1.79. The summed E-state index contributed by atoms with van der Waals surface area (Å²) in [6.07, 6.45) is 1.75. The third-order valence-corrected chi connectivity index (χ3v) is 3.76. The number of nitrogens with one attached hydrogen (secondary N) is 2. The van der Waals surface area contributed by atoms with Gasteiger partial charge in [0.25, 0.3) is 0 Å². The molecule has 2 heterocycles. The predicted octanol–water partition coefficient (Wildman–Crippen LogP) is 3.43. The Morgan fingerprint density at radius 1 is 1.20 bits per heavy atom. The molecule has 124 valence electrons. The Labute approximate surface area is 143 Å². The van der Waals surface area contributed by atoms with Gasteiger partial charge in [0.2, 0.25) is 5.82 Å². The van der Waals surface area contributed by atoms with Crippen LogP contribution in [0.25, 0.3) is 21.8 Å². The van der Waals surface area contributed by atoms with Crippen molar-refractivity contribution in [3.05, 3.63) is 54.5 Å². The van der Waals surface area contributed by atoms with E-state index in [-0.39, 0.29) is 12.4 Å². The van der Waals surface area contributed by atoms with Crippen molar-refractivity contribution < 1.29 is 9.53 Å². The van der Waals surface area contributed by atoms with E-state index in [1.54, 1.807) is 13.1 Å². The normalized spacial score (nSPS) is 10.9. The lowest BCUT2D eigenvalue weighted by Crippen LogP contribution is -2.11. The number of H-pyrrole nitrogens is 1. The summed E-state index contributed by atoms with van der Waals surface area (Å²) in [7, 11) is 0. The van der Waals surface area contributed by atoms with Gasteiger partial charge in [0.15, 0.2) is 0 Å². The van der Waals surface area contributed by atoms with Crippen LogP contribution in [0.1, 0.15) is 17.5 Å². The average Bonchev–Trinajstić information content (AvgIpc) is 3.09. The molecule has 0 bridgehead atoms. The number of hydrogen-bond acceptors (Lipinski definition) is 6. The molecule has 2 aromatic heterocycles. The van der Waals surface area contributed by atoms with Gasteiger partial charge in [-0.3, -0.25) is 5.10 Å². The Morgan fingerprint density at radius 2 is 2.08 bits per heavy atom. The summed E-state index contributed by atoms with van der Waals surface area (Å²) in [5, 5.41) is 12.0. The standard InChI is InChI=1S/C18H15N5O2/c1-2-25-18(24)17-21-15-6-4-3-5-13(15)16(22-17)20-12-7-8-14-11(9-12)10-19-23-14/h3-10H,2H2,1H3,(H,19,23)(H,20,21,22). The molecule has 0 aliphatic heterocycles. The second-order valence-corrected chi connectivity index (χ2v) is 5.43. The first-order valence-electron chi connectivity index (χ1n) is 7.88. The number of hydrogen-bond donors (Lipinski definition) is 2. The third kappa shape index (κ3) is 2.87. The SMILES string of the molecule is CCOC(=O)c1nc(Nc2ccc3[nH]ncc3c2)c2ccccc2n1. The summed E-state index contributed by atoms with van der Waals surface area (Å²) in [5.41, 5.74) is 2.46. The van der Waals surface area contributed by atoms with Crippen LogP contribution in [0.3, 0.4) is 0 Å². The van der Waals surface area contributed by atoms with E-state index in [4.69, 9.17) is 4.74 Å². The van der Waals surface area contributed by atoms with Crippen LogP contribution < -0.4 is 5.32 Å². The van der Waals surface area contributed by atoms with E-state index in [2.05, 4.69) is 25.5 Å². The molecular formula is C18H15N5O2. The lowest BCUT2D eigenvalue weighted by molar-refractivity contribution is 0.0512. The van der Waals surface area contributed by atoms with Gasteiger partial charge in [-0.2, -0.15) is 5.10 Å². The quantitative estimate of drug-likeness (QED) is 0.556. The van der Waals surface area contributed by atoms with E-state index in [1.165, 1.54) is 0 Å². The summed E-state index contributed by atoms with van der Waals surface area (Å²) in [4.78, 5) is 20.7. The summed E-state index contributed by atoms with van der Waals surface area (Å²) >= 11 is 0. The monoisotopic (exact) mass is 333 g/mol. The molecule has 0 atom stereocenters. The van der Waals surface area contributed by atoms with Gasteiger partial charge >= 0.3 is 5.97 Å². The van der Waals surface area contributed by atoms with E-state index in [0.717, 1.165) is 22.0 Å². The summed E-state index contributed by atoms with van der Waals surface area (Å²) in [6.45, 7) is 2.02. The van der Waals surface area contributed by atoms with Crippen LogP contribution in [-0.4, -0.2) is 32.7 Å². The molecule has 0 saturated carbocycles. The number of esters is 1. The second kappa shape index (κ2) is 6.20. The minimum absolute atomic E-state index is 0.0347. The lowest BCUT2D eigenvalue weighted by Gasteiger charge is -2.10. The molecule has 0 fully saturated rings. The number of para-hydroxylation sites is 1. The number of benzene rings is 2. The first kappa shape index (κ1) is 15.1. The number of carbonyl (C=O) groups is 1. The molecule has 0 aliphatic rings. The fourth-order valence-electron chi connectivity index (χ4n) is 2.62. The van der Waals surface area contributed by atoms with Crippen molar-refractivity contribution in [2.24, 2.45) is 0 Å². The van der Waals surface area contributed by atoms with Gasteiger partial charge in [0, 0.05) is 16.5 Å². The topological polar surface area (TPSA) is 92.8 Å². The summed E-state index contributed by atoms with van der Waals surface area (Å²) in [5.74, 6) is 0.0468. The molecule has 0 radical (unpaired) electrons. The average molecular weight is 333 g/mol. The maximum atomic E-state index is 12.0. The van der Waals surface area contributed by atoms with Gasteiger partial charge in [-0.25, -0.2) is 14.8 Å². The third-order valence-electron chi connectivity index (χ3n) is 3.76. The van der Waals surface area contributed by atoms with Gasteiger partial charge in [0.05, 0.1) is 23.8 Å². The number of anilines is 2. The van der Waals surface area contributed by atoms with Crippen LogP contribution in [0.15, 0.2) is 48.7 Å². The fourth-order valence-corrected chi connectivity index (χ4v) is 2.62. The molecule has 7 heteroatoms. The minimum Gasteiger partial charge on any atom is -0.460 e. The number of fused-ring (bicyclic) bond motifs is 2.